The molecule has 1 aliphatic rings. The van der Waals surface area contributed by atoms with E-state index in [0.717, 1.165) is 41.7 Å². The maximum absolute atomic E-state index is 14.0. The normalized spacial score (nSPS) is 15.5. The number of halogens is 3. The fraction of sp³-hybridized carbons (Fsp3) is 0.273. The van der Waals surface area contributed by atoms with Gasteiger partial charge in [-0.15, -0.1) is 0 Å². The molecule has 0 bridgehead atoms. The number of rotatable bonds is 6. The second-order valence-corrected chi connectivity index (χ2v) is 11.2. The molecule has 1 unspecified atom stereocenters. The second kappa shape index (κ2) is 12.1. The smallest absolute Gasteiger partial charge is 0.292 e. The molecule has 1 N–H and O–H groups in total. The van der Waals surface area contributed by atoms with Gasteiger partial charge in [0.1, 0.15) is 11.3 Å². The van der Waals surface area contributed by atoms with E-state index in [-0.39, 0.29) is 5.82 Å². The summed E-state index contributed by atoms with van der Waals surface area (Å²) in [6.45, 7) is 2.56. The number of hydrogen-bond donors (Lipinski definition) is 1. The average molecular weight is 738 g/mol. The van der Waals surface area contributed by atoms with Crippen molar-refractivity contribution in [3.05, 3.63) is 48.2 Å². The van der Waals surface area contributed by atoms with Crippen LogP contribution in [0.3, 0.4) is 0 Å². The van der Waals surface area contributed by atoms with Crippen LogP contribution in [-0.4, -0.2) is 42.5 Å². The van der Waals surface area contributed by atoms with Crippen molar-refractivity contribution in [2.24, 2.45) is 0 Å². The van der Waals surface area contributed by atoms with Crippen molar-refractivity contribution in [3.8, 4) is 11.4 Å². The highest BCUT2D eigenvalue weighted by Gasteiger charge is 2.21. The Morgan fingerprint density at radius 1 is 1.29 bits per heavy atom. The molecule has 13 heteroatoms. The Morgan fingerprint density at radius 3 is 2.71 bits per heavy atom. The van der Waals surface area contributed by atoms with Crippen LogP contribution in [0, 0.1) is 5.82 Å². The molecule has 4 aromatic rings. The van der Waals surface area contributed by atoms with E-state index >= 15 is 0 Å². The minimum atomic E-state index is -0.374. The molecule has 0 spiro atoms. The molecule has 0 saturated carbocycles. The monoisotopic (exact) mass is 738 g/mol. The first kappa shape index (κ1) is 26.5. The number of pyridine rings is 1. The molecule has 4 heterocycles. The highest BCUT2D eigenvalue weighted by atomic mass is 127. The molecule has 4 aromatic heterocycles. The number of carbonyl (C=O) groups excluding carboxylic acids is 1. The third-order valence-corrected chi connectivity index (χ3v) is 8.97. The van der Waals surface area contributed by atoms with E-state index in [0.29, 0.717) is 29.4 Å². The number of anilines is 1. The lowest BCUT2D eigenvalue weighted by molar-refractivity contribution is -0.126. The highest BCUT2D eigenvalue weighted by molar-refractivity contribution is 14.2. The SMILES string of the molecule is CC1=CCC(Nc2nc(-c3cn(SI)c4ncc(F)cc34)nc3ccn(SI)c23)CC1.COC=O. The fourth-order valence-electron chi connectivity index (χ4n) is 3.87. The van der Waals surface area contributed by atoms with Gasteiger partial charge in [-0.2, -0.15) is 0 Å². The topological polar surface area (TPSA) is 86.9 Å². The Morgan fingerprint density at radius 2 is 2.06 bits per heavy atom. The third kappa shape index (κ3) is 5.88. The molecule has 1 atom stereocenters. The summed E-state index contributed by atoms with van der Waals surface area (Å²) in [5.41, 5.74) is 4.72. The van der Waals surface area contributed by atoms with Gasteiger partial charge in [0.05, 0.1) is 18.8 Å². The number of hydrogen-bond acceptors (Lipinski definition) is 8. The van der Waals surface area contributed by atoms with Gasteiger partial charge in [0, 0.05) is 90.0 Å². The van der Waals surface area contributed by atoms with Crippen LogP contribution in [0.1, 0.15) is 26.2 Å². The van der Waals surface area contributed by atoms with Crippen LogP contribution in [-0.2, 0) is 9.53 Å². The van der Waals surface area contributed by atoms with Gasteiger partial charge in [-0.25, -0.2) is 19.3 Å². The van der Waals surface area contributed by atoms with E-state index in [1.807, 2.05) is 22.4 Å². The lowest BCUT2D eigenvalue weighted by Gasteiger charge is -2.23. The molecule has 8 nitrogen and oxygen atoms in total. The molecule has 1 aliphatic carbocycles. The van der Waals surface area contributed by atoms with Crippen LogP contribution in [0.4, 0.5) is 10.2 Å². The predicted molar refractivity (Wildman–Crippen MR) is 158 cm³/mol. The largest absolute Gasteiger partial charge is 0.471 e. The molecule has 184 valence electrons. The molecule has 0 aliphatic heterocycles. The molecule has 0 fully saturated rings. The van der Waals surface area contributed by atoms with Crippen molar-refractivity contribution in [2.45, 2.75) is 32.2 Å². The van der Waals surface area contributed by atoms with Gasteiger partial charge in [-0.05, 0) is 38.3 Å². The van der Waals surface area contributed by atoms with Crippen molar-refractivity contribution in [1.29, 1.82) is 0 Å². The van der Waals surface area contributed by atoms with E-state index < -0.39 is 0 Å². The van der Waals surface area contributed by atoms with Gasteiger partial charge >= 0.3 is 0 Å². The minimum Gasteiger partial charge on any atom is -0.471 e. The Bertz CT molecular complexity index is 1390. The van der Waals surface area contributed by atoms with Crippen molar-refractivity contribution < 1.29 is 13.9 Å². The van der Waals surface area contributed by atoms with Crippen molar-refractivity contribution in [2.75, 3.05) is 12.4 Å². The Hall–Kier alpha value is -1.59. The molecule has 0 amide bonds. The highest BCUT2D eigenvalue weighted by Crippen LogP contribution is 2.36. The van der Waals surface area contributed by atoms with Gasteiger partial charge in [0.2, 0.25) is 0 Å². The molecule has 0 saturated heterocycles. The third-order valence-electron chi connectivity index (χ3n) is 5.54. The fourth-order valence-corrected chi connectivity index (χ4v) is 6.47. The summed E-state index contributed by atoms with van der Waals surface area (Å²) in [7, 11) is 4.37. The second-order valence-electron chi connectivity index (χ2n) is 7.80. The Labute approximate surface area is 234 Å². The first-order valence-corrected chi connectivity index (χ1v) is 17.1. The molecule has 0 aromatic carbocycles. The van der Waals surface area contributed by atoms with E-state index in [9.17, 15) is 4.39 Å². The van der Waals surface area contributed by atoms with E-state index in [1.165, 1.54) is 34.1 Å². The summed E-state index contributed by atoms with van der Waals surface area (Å²) in [5, 5.41) is 4.36. The maximum Gasteiger partial charge on any atom is 0.292 e. The number of fused-ring (bicyclic) bond motifs is 2. The van der Waals surface area contributed by atoms with Gasteiger partial charge in [0.25, 0.3) is 6.47 Å². The molecule has 0 radical (unpaired) electrons. The summed E-state index contributed by atoms with van der Waals surface area (Å²) >= 11 is 4.45. The zero-order chi connectivity index (χ0) is 24.9. The van der Waals surface area contributed by atoms with Crippen LogP contribution in [0.2, 0.25) is 0 Å². The lowest BCUT2D eigenvalue weighted by atomic mass is 9.96. The summed E-state index contributed by atoms with van der Waals surface area (Å²) < 4.78 is 21.9. The quantitative estimate of drug-likeness (QED) is 0.129. The van der Waals surface area contributed by atoms with Crippen LogP contribution in [0.25, 0.3) is 33.5 Å². The van der Waals surface area contributed by atoms with Crippen LogP contribution < -0.4 is 5.32 Å². The molecule has 35 heavy (non-hydrogen) atoms. The number of nitrogens with one attached hydrogen (secondary N) is 1. The molecular formula is C22H21FI2N6O2S2. The van der Waals surface area contributed by atoms with Crippen LogP contribution in [0.15, 0.2) is 42.4 Å². The van der Waals surface area contributed by atoms with Crippen molar-refractivity contribution in [3.63, 3.8) is 0 Å². The summed E-state index contributed by atoms with van der Waals surface area (Å²) in [6.07, 6.45) is 10.6. The summed E-state index contributed by atoms with van der Waals surface area (Å²) in [6, 6.07) is 3.82. The van der Waals surface area contributed by atoms with Crippen molar-refractivity contribution in [1.82, 2.24) is 22.9 Å². The number of methoxy groups -OCH3 is 1. The maximum atomic E-state index is 14.0. The lowest BCUT2D eigenvalue weighted by Crippen LogP contribution is -2.22. The first-order valence-electron chi connectivity index (χ1n) is 10.5. The van der Waals surface area contributed by atoms with E-state index in [2.05, 4.69) is 74.4 Å². The zero-order valence-electron chi connectivity index (χ0n) is 18.7. The van der Waals surface area contributed by atoms with Gasteiger partial charge in [-0.3, -0.25) is 12.7 Å². The standard InChI is InChI=1S/C20H17FI2N6S2.C2H4O2/c1-11-2-4-13(5-3-11)25-19-17-16(6-7-28(17)30-22)26-18(27-19)15-10-29(31-23)20-14(15)8-12(21)9-24-20;1-4-2-3/h2,6-10,13H,3-5H2,1H3,(H,25,26,27);2H,1H3. The summed E-state index contributed by atoms with van der Waals surface area (Å²) in [5.74, 6) is 0.996. The number of aromatic nitrogens is 5. The van der Waals surface area contributed by atoms with Gasteiger partial charge in [0.15, 0.2) is 17.3 Å². The predicted octanol–water partition coefficient (Wildman–Crippen LogP) is 6.98. The van der Waals surface area contributed by atoms with E-state index in [1.54, 1.807) is 9.12 Å². The number of nitrogens with zero attached hydrogens (tertiary/aromatic N) is 5. The van der Waals surface area contributed by atoms with Gasteiger partial charge in [-0.1, -0.05) is 11.6 Å². The summed E-state index contributed by atoms with van der Waals surface area (Å²) in [4.78, 5) is 23.0. The Balaban J connectivity index is 0.000000672. The van der Waals surface area contributed by atoms with Crippen LogP contribution in [0.5, 0.6) is 0 Å². The van der Waals surface area contributed by atoms with Crippen LogP contribution >= 0.6 is 60.6 Å². The Kier molecular flexibility index (Phi) is 9.15. The molecular weight excluding hydrogens is 717 g/mol. The molecule has 5 rings (SSSR count). The van der Waals surface area contributed by atoms with Crippen molar-refractivity contribution >= 4 is 95.0 Å². The number of ether oxygens (including phenoxy) is 1. The number of carbonyl (C=O) groups is 1. The van der Waals surface area contributed by atoms with E-state index in [4.69, 9.17) is 14.8 Å². The van der Waals surface area contributed by atoms with Gasteiger partial charge < -0.3 is 10.1 Å². The zero-order valence-corrected chi connectivity index (χ0v) is 24.7. The average Bonchev–Trinajstić information content (AvgIpc) is 3.46. The first-order chi connectivity index (χ1) is 17.0. The minimum absolute atomic E-state index is 0.322. The number of allylic oxidation sites excluding steroid dienone is 1.